The molecule has 0 saturated carbocycles. The highest BCUT2D eigenvalue weighted by atomic mass is 32.2. The van der Waals surface area contributed by atoms with E-state index >= 15 is 0 Å². The zero-order chi connectivity index (χ0) is 30.1. The number of nitrogens with zero attached hydrogens (tertiary/aromatic N) is 7. The summed E-state index contributed by atoms with van der Waals surface area (Å²) >= 11 is 2.16. The van der Waals surface area contributed by atoms with Crippen LogP contribution in [0.25, 0.3) is 11.2 Å². The Morgan fingerprint density at radius 2 is 2.16 bits per heavy atom. The molecule has 15 nitrogen and oxygen atoms in total. The number of alkyl halides is 1. The van der Waals surface area contributed by atoms with Crippen molar-refractivity contribution in [3.05, 3.63) is 41.8 Å². The van der Waals surface area contributed by atoms with Gasteiger partial charge in [-0.2, -0.15) is 9.36 Å². The van der Waals surface area contributed by atoms with Crippen LogP contribution in [-0.4, -0.2) is 95.9 Å². The topological polar surface area (TPSA) is 194 Å². The van der Waals surface area contributed by atoms with E-state index in [1.165, 1.54) is 16.7 Å². The number of carbonyl (C=O) groups is 3. The van der Waals surface area contributed by atoms with E-state index in [1.807, 2.05) is 29.2 Å². The van der Waals surface area contributed by atoms with Gasteiger partial charge in [-0.1, -0.05) is 5.16 Å². The molecule has 18 heteroatoms. The van der Waals surface area contributed by atoms with Gasteiger partial charge in [0.2, 0.25) is 17.9 Å². The minimum atomic E-state index is -1.24. The molecule has 0 bridgehead atoms. The molecule has 0 aromatic carbocycles. The Morgan fingerprint density at radius 1 is 1.35 bits per heavy atom. The van der Waals surface area contributed by atoms with Crippen LogP contribution in [0.3, 0.4) is 0 Å². The van der Waals surface area contributed by atoms with Crippen LogP contribution in [-0.2, 0) is 25.8 Å². The van der Waals surface area contributed by atoms with Crippen molar-refractivity contribution in [1.29, 1.82) is 0 Å². The van der Waals surface area contributed by atoms with Gasteiger partial charge in [-0.15, -0.1) is 11.8 Å². The van der Waals surface area contributed by atoms with Crippen LogP contribution < -0.4 is 20.9 Å². The van der Waals surface area contributed by atoms with Crippen LogP contribution in [0.1, 0.15) is 24.7 Å². The van der Waals surface area contributed by atoms with Gasteiger partial charge in [0.1, 0.15) is 42.5 Å². The number of thioether (sulfide) groups is 1. The molecule has 0 radical (unpaired) electrons. The highest BCUT2D eigenvalue weighted by Crippen LogP contribution is 2.40. The van der Waals surface area contributed by atoms with Crippen molar-refractivity contribution < 1.29 is 33.3 Å². The van der Waals surface area contributed by atoms with Gasteiger partial charge >= 0.3 is 11.6 Å². The monoisotopic (exact) mass is 631 g/mol. The number of pyridine rings is 1. The molecule has 0 aliphatic carbocycles. The lowest BCUT2D eigenvalue weighted by atomic mass is 10.0. The summed E-state index contributed by atoms with van der Waals surface area (Å²) in [5.41, 5.74) is 7.36. The number of nitrogens with one attached hydrogen (secondary N) is 2. The number of hydrogen-bond acceptors (Lipinski definition) is 12. The number of halogens is 1. The molecule has 3 aromatic rings. The largest absolute Gasteiger partial charge is 0.477 e. The zero-order valence-electron chi connectivity index (χ0n) is 22.7. The second-order valence-electron chi connectivity index (χ2n) is 10.0. The van der Waals surface area contributed by atoms with Crippen LogP contribution in [0.15, 0.2) is 41.1 Å². The minimum absolute atomic E-state index is 0.0742. The van der Waals surface area contributed by atoms with Crippen molar-refractivity contribution in [2.24, 2.45) is 5.16 Å². The van der Waals surface area contributed by atoms with Gasteiger partial charge in [-0.3, -0.25) is 14.5 Å². The molecular weight excluding hydrogens is 603 g/mol. The SMILES string of the molecule is Nc1nc(C(=NOCCF)C(=O)NC2C(=O)N3C(C(=O)O)=C(C[n+]4cccc5c4ncn5C4CCNCC4)CSC23)ns1. The summed E-state index contributed by atoms with van der Waals surface area (Å²) in [5.74, 6) is -2.50. The molecule has 6 heterocycles. The number of imidazole rings is 1. The number of nitrogens with two attached hydrogens (primary N) is 1. The fourth-order valence-corrected chi connectivity index (χ4v) is 7.20. The Hall–Kier alpha value is -4.16. The molecule has 2 atom stereocenters. The van der Waals surface area contributed by atoms with Crippen molar-refractivity contribution >= 4 is 63.1 Å². The molecule has 0 spiro atoms. The molecule has 2 saturated heterocycles. The third-order valence-electron chi connectivity index (χ3n) is 7.40. The number of aromatic nitrogens is 5. The number of nitrogen functional groups attached to an aromatic ring is 1. The number of oxime groups is 1. The van der Waals surface area contributed by atoms with Gasteiger partial charge in [0, 0.05) is 28.9 Å². The maximum absolute atomic E-state index is 13.3. The lowest BCUT2D eigenvalue weighted by molar-refractivity contribution is -0.664. The van der Waals surface area contributed by atoms with Crippen molar-refractivity contribution in [3.8, 4) is 0 Å². The normalized spacial score (nSPS) is 21.1. The van der Waals surface area contributed by atoms with E-state index in [4.69, 9.17) is 10.6 Å². The van der Waals surface area contributed by atoms with E-state index in [2.05, 4.69) is 34.7 Å². The Bertz CT molecular complexity index is 1640. The summed E-state index contributed by atoms with van der Waals surface area (Å²) in [6.07, 6.45) is 5.66. The molecule has 2 amide bonds. The fraction of sp³-hybridized carbons (Fsp3) is 0.440. The summed E-state index contributed by atoms with van der Waals surface area (Å²) in [6, 6.07) is 3.20. The highest BCUT2D eigenvalue weighted by molar-refractivity contribution is 8.00. The van der Waals surface area contributed by atoms with Gasteiger partial charge in [-0.05, 0) is 43.0 Å². The summed E-state index contributed by atoms with van der Waals surface area (Å²) in [6.45, 7) is 0.868. The maximum atomic E-state index is 13.3. The molecule has 3 aliphatic heterocycles. The predicted octanol–water partition coefficient (Wildman–Crippen LogP) is -0.189. The number of rotatable bonds is 10. The average Bonchev–Trinajstić information content (AvgIpc) is 3.65. The number of anilines is 1. The number of carbonyl (C=O) groups excluding carboxylic acids is 2. The fourth-order valence-electron chi connectivity index (χ4n) is 5.43. The second-order valence-corrected chi connectivity index (χ2v) is 11.9. The van der Waals surface area contributed by atoms with E-state index in [0.717, 1.165) is 48.6 Å². The molecule has 43 heavy (non-hydrogen) atoms. The van der Waals surface area contributed by atoms with Gasteiger partial charge in [-0.25, -0.2) is 13.8 Å². The van der Waals surface area contributed by atoms with Crippen molar-refractivity contribution in [2.75, 3.05) is 37.9 Å². The summed E-state index contributed by atoms with van der Waals surface area (Å²) in [5, 5.41) is 19.2. The number of carboxylic acid groups (broad SMARTS) is 1. The standard InChI is InChI=1S/C25H27FN10O5S2/c26-5-9-41-32-16(19-31-25(27)43-33-19)21(37)30-17-22(38)36-18(24(39)40)13(11-42-23(17)36)10-34-8-1-2-15-20(34)29-12-35(15)14-3-6-28-7-4-14/h1-2,8,12,14,17,23,28H,3-7,9-11H2,(H3-,27,30,31,33,37,39,40)/p+1. The van der Waals surface area contributed by atoms with Crippen LogP contribution in [0.2, 0.25) is 0 Å². The van der Waals surface area contributed by atoms with E-state index in [-0.39, 0.29) is 28.9 Å². The average molecular weight is 632 g/mol. The molecule has 2 unspecified atom stereocenters. The summed E-state index contributed by atoms with van der Waals surface area (Å²) in [7, 11) is 0. The predicted molar refractivity (Wildman–Crippen MR) is 154 cm³/mol. The summed E-state index contributed by atoms with van der Waals surface area (Å²) < 4.78 is 20.5. The van der Waals surface area contributed by atoms with Crippen molar-refractivity contribution in [1.82, 2.24) is 34.4 Å². The van der Waals surface area contributed by atoms with E-state index in [0.29, 0.717) is 17.4 Å². The number of amides is 2. The quantitative estimate of drug-likeness (QED) is 0.0762. The third kappa shape index (κ3) is 5.52. The van der Waals surface area contributed by atoms with E-state index in [1.54, 1.807) is 0 Å². The lowest BCUT2D eigenvalue weighted by Gasteiger charge is -2.49. The minimum Gasteiger partial charge on any atom is -0.477 e. The Morgan fingerprint density at radius 3 is 2.88 bits per heavy atom. The zero-order valence-corrected chi connectivity index (χ0v) is 24.3. The number of β-lactam (4-membered cyclic amide) rings is 1. The summed E-state index contributed by atoms with van der Waals surface area (Å²) in [4.78, 5) is 53.4. The molecule has 3 aromatic heterocycles. The second kappa shape index (κ2) is 12.2. The van der Waals surface area contributed by atoms with Crippen LogP contribution in [0.4, 0.5) is 9.52 Å². The van der Waals surface area contributed by atoms with Gasteiger partial charge < -0.3 is 30.9 Å². The van der Waals surface area contributed by atoms with Crippen LogP contribution >= 0.6 is 23.3 Å². The Balaban J connectivity index is 1.22. The van der Waals surface area contributed by atoms with Crippen LogP contribution in [0.5, 0.6) is 0 Å². The number of carboxylic acids is 1. The van der Waals surface area contributed by atoms with Crippen LogP contribution in [0, 0.1) is 0 Å². The smallest absolute Gasteiger partial charge is 0.352 e. The number of hydrogen-bond donors (Lipinski definition) is 4. The van der Waals surface area contributed by atoms with E-state index < -0.39 is 42.5 Å². The van der Waals surface area contributed by atoms with Gasteiger partial charge in [0.05, 0.1) is 6.20 Å². The number of piperidine rings is 1. The first-order valence-corrected chi connectivity index (χ1v) is 15.3. The van der Waals surface area contributed by atoms with Gasteiger partial charge in [0.15, 0.2) is 5.13 Å². The third-order valence-corrected chi connectivity index (χ3v) is 9.28. The highest BCUT2D eigenvalue weighted by Gasteiger charge is 2.54. The first-order valence-electron chi connectivity index (χ1n) is 13.5. The lowest BCUT2D eigenvalue weighted by Crippen LogP contribution is -2.71. The molecule has 2 fully saturated rings. The first-order chi connectivity index (χ1) is 20.9. The maximum Gasteiger partial charge on any atom is 0.352 e. The number of aliphatic carboxylic acids is 1. The molecular formula is C25H28FN10O5S2+. The van der Waals surface area contributed by atoms with Gasteiger partial charge in [0.25, 0.3) is 11.8 Å². The van der Waals surface area contributed by atoms with E-state index in [9.17, 15) is 23.9 Å². The van der Waals surface area contributed by atoms with Crippen molar-refractivity contribution in [2.45, 2.75) is 36.8 Å². The first kappa shape index (κ1) is 28.9. The Kier molecular flexibility index (Phi) is 8.22. The molecule has 226 valence electrons. The molecule has 5 N–H and O–H groups in total. The molecule has 6 rings (SSSR count). The molecule has 3 aliphatic rings. The number of fused-ring (bicyclic) bond motifs is 2. The Labute approximate surface area is 252 Å². The van der Waals surface area contributed by atoms with Crippen molar-refractivity contribution in [3.63, 3.8) is 0 Å².